The summed E-state index contributed by atoms with van der Waals surface area (Å²) in [5.41, 5.74) is 6.64. The van der Waals surface area contributed by atoms with Crippen LogP contribution in [0, 0.1) is 41.9 Å². The number of cyclic esters (lactones) is 1. The first-order chi connectivity index (χ1) is 19.3. The zero-order valence-corrected chi connectivity index (χ0v) is 26.6. The van der Waals surface area contributed by atoms with E-state index in [0.717, 1.165) is 15.6 Å². The van der Waals surface area contributed by atoms with Crippen molar-refractivity contribution in [2.75, 3.05) is 0 Å². The zero-order valence-electron chi connectivity index (χ0n) is 25.0. The Morgan fingerprint density at radius 2 is 1.90 bits per heavy atom. The van der Waals surface area contributed by atoms with Crippen LogP contribution in [0.3, 0.4) is 0 Å². The highest BCUT2D eigenvalue weighted by Gasteiger charge is 2.28. The van der Waals surface area contributed by atoms with Gasteiger partial charge in [0.1, 0.15) is 12.2 Å². The predicted octanol–water partition coefficient (Wildman–Crippen LogP) is 7.51. The topological polar surface area (TPSA) is 98.8 Å². The Kier molecular flexibility index (Phi) is 13.6. The lowest BCUT2D eigenvalue weighted by atomic mass is 9.82. The number of carbonyl (C=O) groups is 2. The molecule has 1 aliphatic heterocycles. The molecule has 1 amide bonds. The highest BCUT2D eigenvalue weighted by Crippen LogP contribution is 2.38. The number of esters is 1. The summed E-state index contributed by atoms with van der Waals surface area (Å²) in [7, 11) is 0. The summed E-state index contributed by atoms with van der Waals surface area (Å²) in [4.78, 5) is 23.9. The van der Waals surface area contributed by atoms with Crippen LogP contribution >= 0.6 is 15.9 Å². The van der Waals surface area contributed by atoms with Crippen LogP contribution in [0.15, 0.2) is 71.3 Å². The van der Waals surface area contributed by atoms with E-state index in [0.29, 0.717) is 19.3 Å². The van der Waals surface area contributed by atoms with Crippen molar-refractivity contribution in [3.63, 3.8) is 0 Å². The van der Waals surface area contributed by atoms with Crippen molar-refractivity contribution in [2.24, 2.45) is 28.9 Å². The van der Waals surface area contributed by atoms with Gasteiger partial charge >= 0.3 is 12.1 Å². The van der Waals surface area contributed by atoms with E-state index in [2.05, 4.69) is 40.8 Å². The molecule has 1 unspecified atom stereocenters. The minimum absolute atomic E-state index is 0.109. The minimum Gasteiger partial charge on any atom is -0.454 e. The molecule has 6 atom stereocenters. The van der Waals surface area contributed by atoms with Gasteiger partial charge in [-0.05, 0) is 67.4 Å². The van der Waals surface area contributed by atoms with E-state index in [4.69, 9.17) is 15.2 Å². The molecule has 0 saturated carbocycles. The van der Waals surface area contributed by atoms with E-state index in [1.54, 1.807) is 24.3 Å². The van der Waals surface area contributed by atoms with E-state index in [-0.39, 0.29) is 23.9 Å². The molecule has 0 aliphatic carbocycles. The first kappa shape index (κ1) is 34.1. The van der Waals surface area contributed by atoms with Crippen LogP contribution in [0.2, 0.25) is 0 Å². The van der Waals surface area contributed by atoms with Gasteiger partial charge in [0.05, 0.1) is 6.10 Å². The third-order valence-electron chi connectivity index (χ3n) is 7.16. The number of aliphatic hydroxyl groups excluding tert-OH is 1. The van der Waals surface area contributed by atoms with E-state index in [1.165, 1.54) is 6.08 Å². The van der Waals surface area contributed by atoms with Crippen molar-refractivity contribution < 1.29 is 24.2 Å². The number of hydrogen-bond acceptors (Lipinski definition) is 5. The molecule has 41 heavy (non-hydrogen) atoms. The molecule has 3 N–H and O–H groups in total. The van der Waals surface area contributed by atoms with Crippen LogP contribution < -0.4 is 5.73 Å². The number of nitrogens with two attached hydrogens (primary N) is 1. The summed E-state index contributed by atoms with van der Waals surface area (Å²) in [5, 5.41) is 11.0. The fourth-order valence-corrected chi connectivity index (χ4v) is 5.11. The largest absolute Gasteiger partial charge is 0.454 e. The molecule has 7 heteroatoms. The van der Waals surface area contributed by atoms with Gasteiger partial charge in [0, 0.05) is 21.9 Å². The fraction of sp³-hybridized carbons (Fsp3) is 0.471. The summed E-state index contributed by atoms with van der Waals surface area (Å²) in [6.45, 7) is 12.0. The lowest BCUT2D eigenvalue weighted by Crippen LogP contribution is -2.26. The van der Waals surface area contributed by atoms with Crippen molar-refractivity contribution >= 4 is 28.0 Å². The van der Waals surface area contributed by atoms with E-state index < -0.39 is 29.7 Å². The number of aliphatic hydroxyl groups is 1. The lowest BCUT2D eigenvalue weighted by Gasteiger charge is -2.28. The second kappa shape index (κ2) is 16.4. The normalized spacial score (nSPS) is 26.8. The molecule has 0 fully saturated rings. The van der Waals surface area contributed by atoms with Gasteiger partial charge in [0.25, 0.3) is 0 Å². The number of halogens is 1. The fourth-order valence-electron chi connectivity index (χ4n) is 4.63. The maximum absolute atomic E-state index is 12.5. The quantitative estimate of drug-likeness (QED) is 0.200. The first-order valence-electron chi connectivity index (χ1n) is 14.1. The van der Waals surface area contributed by atoms with E-state index >= 15 is 0 Å². The number of benzene rings is 1. The third kappa shape index (κ3) is 11.7. The predicted molar refractivity (Wildman–Crippen MR) is 168 cm³/mol. The maximum atomic E-state index is 12.5. The molecule has 0 bridgehead atoms. The number of carbonyl (C=O) groups excluding carboxylic acids is 2. The van der Waals surface area contributed by atoms with Crippen LogP contribution in [0.5, 0.6) is 0 Å². The van der Waals surface area contributed by atoms with Crippen LogP contribution in [0.1, 0.15) is 71.1 Å². The van der Waals surface area contributed by atoms with Gasteiger partial charge in [-0.25, -0.2) is 9.59 Å². The second-order valence-corrected chi connectivity index (χ2v) is 12.4. The van der Waals surface area contributed by atoms with E-state index in [9.17, 15) is 14.7 Å². The Morgan fingerprint density at radius 3 is 2.61 bits per heavy atom. The smallest absolute Gasteiger partial charge is 0.404 e. The number of hydrogen-bond donors (Lipinski definition) is 2. The first-order valence-corrected chi connectivity index (χ1v) is 14.9. The SMILES string of the molecule is Cc1cccc([C@@H](O)C(C)(C)/C=C/C#C/C=C/[C@@H]2OC(=O)/C=C\C[C@H](C)C[C@H](OC(N)=O)C[C@H](C)/C=C/C2C)c1Br. The summed E-state index contributed by atoms with van der Waals surface area (Å²) in [5.74, 6) is 5.78. The molecular formula is C34H44BrNO5. The molecule has 0 spiro atoms. The highest BCUT2D eigenvalue weighted by molar-refractivity contribution is 9.10. The average Bonchev–Trinajstić information content (AvgIpc) is 2.88. The molecule has 1 aliphatic rings. The number of ether oxygens (including phenoxy) is 2. The Hall–Kier alpha value is -3.08. The number of aryl methyl sites for hydroxylation is 1. The average molecular weight is 627 g/mol. The van der Waals surface area contributed by atoms with Gasteiger partial charge < -0.3 is 20.3 Å². The van der Waals surface area contributed by atoms with Gasteiger partial charge in [-0.1, -0.05) is 105 Å². The third-order valence-corrected chi connectivity index (χ3v) is 8.24. The van der Waals surface area contributed by atoms with Gasteiger partial charge in [0.2, 0.25) is 0 Å². The van der Waals surface area contributed by atoms with Crippen LogP contribution in [-0.4, -0.2) is 29.4 Å². The van der Waals surface area contributed by atoms with Gasteiger partial charge in [-0.3, -0.25) is 0 Å². The minimum atomic E-state index is -0.771. The van der Waals surface area contributed by atoms with Crippen molar-refractivity contribution in [2.45, 2.75) is 79.1 Å². The number of amides is 1. The van der Waals surface area contributed by atoms with Gasteiger partial charge in [-0.2, -0.15) is 0 Å². The molecule has 0 radical (unpaired) electrons. The molecule has 1 heterocycles. The van der Waals surface area contributed by atoms with Crippen molar-refractivity contribution in [1.82, 2.24) is 0 Å². The summed E-state index contributed by atoms with van der Waals surface area (Å²) < 4.78 is 12.0. The molecule has 6 nitrogen and oxygen atoms in total. The Bertz CT molecular complexity index is 1220. The summed E-state index contributed by atoms with van der Waals surface area (Å²) in [6, 6.07) is 5.84. The van der Waals surface area contributed by atoms with E-state index in [1.807, 2.05) is 65.0 Å². The standard InChI is InChI=1S/C34H44BrNO5/c1-23-13-11-17-30(37)41-29(25(3)19-18-24(2)22-27(21-23)40-33(36)39)16-9-7-8-10-20-34(5,6)32(38)28-15-12-14-26(4)31(28)35/h9-12,14-20,23-25,27,29,32,38H,13,21-22H2,1-6H3,(H2,36,39)/b16-9+,17-11-,19-18+,20-10+/t23-,24+,25?,27-,29-,32+/m0/s1. The molecule has 0 aromatic heterocycles. The van der Waals surface area contributed by atoms with Crippen molar-refractivity contribution in [1.29, 1.82) is 0 Å². The van der Waals surface area contributed by atoms with Crippen molar-refractivity contribution in [3.05, 3.63) is 82.4 Å². The molecule has 222 valence electrons. The van der Waals surface area contributed by atoms with Crippen LogP contribution in [-0.2, 0) is 14.3 Å². The maximum Gasteiger partial charge on any atom is 0.404 e. The number of allylic oxidation sites excluding steroid dienone is 4. The molecular weight excluding hydrogens is 582 g/mol. The summed E-state index contributed by atoms with van der Waals surface area (Å²) >= 11 is 3.59. The number of primary amides is 1. The van der Waals surface area contributed by atoms with Gasteiger partial charge in [-0.15, -0.1) is 0 Å². The van der Waals surface area contributed by atoms with Gasteiger partial charge in [0.15, 0.2) is 0 Å². The lowest BCUT2D eigenvalue weighted by molar-refractivity contribution is -0.142. The number of rotatable bonds is 5. The molecule has 2 rings (SSSR count). The highest BCUT2D eigenvalue weighted by atomic mass is 79.9. The zero-order chi connectivity index (χ0) is 30.6. The van der Waals surface area contributed by atoms with Crippen LogP contribution in [0.25, 0.3) is 0 Å². The Balaban J connectivity index is 2.15. The molecule has 0 saturated heterocycles. The molecule has 1 aromatic carbocycles. The Labute approximate surface area is 253 Å². The second-order valence-electron chi connectivity index (χ2n) is 11.6. The monoisotopic (exact) mass is 625 g/mol. The molecule has 1 aromatic rings. The van der Waals surface area contributed by atoms with Crippen LogP contribution in [0.4, 0.5) is 4.79 Å². The Morgan fingerprint density at radius 1 is 1.20 bits per heavy atom. The van der Waals surface area contributed by atoms with Crippen molar-refractivity contribution in [3.8, 4) is 11.8 Å². The summed E-state index contributed by atoms with van der Waals surface area (Å²) in [6.07, 6.45) is 14.1.